The second-order valence-electron chi connectivity index (χ2n) is 6.10. The molecule has 6 heteroatoms. The van der Waals surface area contributed by atoms with Gasteiger partial charge in [-0.25, -0.2) is 0 Å². The van der Waals surface area contributed by atoms with E-state index in [1.54, 1.807) is 6.08 Å². The predicted molar refractivity (Wildman–Crippen MR) is 95.4 cm³/mol. The third-order valence-electron chi connectivity index (χ3n) is 4.06. The van der Waals surface area contributed by atoms with Crippen molar-refractivity contribution in [2.24, 2.45) is 0 Å². The van der Waals surface area contributed by atoms with E-state index in [2.05, 4.69) is 16.7 Å². The molecule has 1 aromatic heterocycles. The highest BCUT2D eigenvalue weighted by Crippen LogP contribution is 2.22. The average Bonchev–Trinajstić information content (AvgIpc) is 3.36. The highest BCUT2D eigenvalue weighted by molar-refractivity contribution is 5.97. The van der Waals surface area contributed by atoms with E-state index in [-0.39, 0.29) is 18.4 Å². The van der Waals surface area contributed by atoms with Gasteiger partial charge < -0.3 is 15.2 Å². The third kappa shape index (κ3) is 4.48. The van der Waals surface area contributed by atoms with E-state index in [1.165, 1.54) is 6.08 Å². The van der Waals surface area contributed by atoms with Gasteiger partial charge in [-0.2, -0.15) is 5.26 Å². The molecule has 0 radical (unpaired) electrons. The zero-order valence-electron chi connectivity index (χ0n) is 13.9. The number of hydrogen-bond acceptors (Lipinski definition) is 3. The maximum absolute atomic E-state index is 11.9. The number of fused-ring (bicyclic) bond motifs is 1. The highest BCUT2D eigenvalue weighted by Gasteiger charge is 2.22. The molecule has 0 unspecified atom stereocenters. The minimum absolute atomic E-state index is 0.0103. The smallest absolute Gasteiger partial charge is 0.244 e. The Labute approximate surface area is 146 Å². The zero-order valence-corrected chi connectivity index (χ0v) is 13.9. The van der Waals surface area contributed by atoms with Crippen LogP contribution in [0.2, 0.25) is 0 Å². The van der Waals surface area contributed by atoms with E-state index >= 15 is 0 Å². The molecule has 2 aromatic rings. The monoisotopic (exact) mass is 336 g/mol. The summed E-state index contributed by atoms with van der Waals surface area (Å²) >= 11 is 0. The van der Waals surface area contributed by atoms with E-state index in [0.717, 1.165) is 29.3 Å². The zero-order chi connectivity index (χ0) is 17.6. The lowest BCUT2D eigenvalue weighted by atomic mass is 10.1. The number of aryl methyl sites for hydroxylation is 1. The molecule has 0 spiro atoms. The van der Waals surface area contributed by atoms with Crippen molar-refractivity contribution in [3.8, 4) is 6.07 Å². The quantitative estimate of drug-likeness (QED) is 0.758. The standard InChI is InChI=1S/C19H20N4O2/c20-10-3-11-23-13-14(16-4-1-2-5-17(16)23)6-9-18(24)21-12-19(25)22-15-7-8-15/h1-2,4-6,9,13,15H,3,7-8,11-12H2,(H,21,24)(H,22,25)/b9-6+. The van der Waals surface area contributed by atoms with Gasteiger partial charge in [-0.15, -0.1) is 0 Å². The number of carbonyl (C=O) groups excluding carboxylic acids is 2. The van der Waals surface area contributed by atoms with Crippen LogP contribution in [0, 0.1) is 11.3 Å². The lowest BCUT2D eigenvalue weighted by molar-refractivity contribution is -0.124. The minimum Gasteiger partial charge on any atom is -0.352 e. The first kappa shape index (κ1) is 16.8. The molecule has 1 saturated carbocycles. The van der Waals surface area contributed by atoms with Gasteiger partial charge in [0.05, 0.1) is 19.0 Å². The fourth-order valence-corrected chi connectivity index (χ4v) is 2.66. The first-order chi connectivity index (χ1) is 12.2. The van der Waals surface area contributed by atoms with Crippen LogP contribution in [0.15, 0.2) is 36.5 Å². The van der Waals surface area contributed by atoms with E-state index in [9.17, 15) is 9.59 Å². The molecule has 3 rings (SSSR count). The molecule has 1 aliphatic rings. The molecule has 6 nitrogen and oxygen atoms in total. The highest BCUT2D eigenvalue weighted by atomic mass is 16.2. The van der Waals surface area contributed by atoms with Crippen LogP contribution in [-0.4, -0.2) is 29.0 Å². The molecular formula is C19H20N4O2. The maximum Gasteiger partial charge on any atom is 0.244 e. The number of benzene rings is 1. The molecule has 25 heavy (non-hydrogen) atoms. The first-order valence-corrected chi connectivity index (χ1v) is 8.37. The molecule has 1 aliphatic carbocycles. The van der Waals surface area contributed by atoms with Crippen LogP contribution in [0.5, 0.6) is 0 Å². The van der Waals surface area contributed by atoms with Crippen LogP contribution < -0.4 is 10.6 Å². The van der Waals surface area contributed by atoms with Crippen molar-refractivity contribution in [3.63, 3.8) is 0 Å². The van der Waals surface area contributed by atoms with E-state index in [1.807, 2.05) is 35.0 Å². The van der Waals surface area contributed by atoms with Crippen molar-refractivity contribution < 1.29 is 9.59 Å². The number of carbonyl (C=O) groups is 2. The van der Waals surface area contributed by atoms with Crippen molar-refractivity contribution in [2.45, 2.75) is 31.8 Å². The van der Waals surface area contributed by atoms with Gasteiger partial charge in [-0.3, -0.25) is 9.59 Å². The minimum atomic E-state index is -0.306. The van der Waals surface area contributed by atoms with Crippen LogP contribution in [0.1, 0.15) is 24.8 Å². The molecule has 1 heterocycles. The summed E-state index contributed by atoms with van der Waals surface area (Å²) in [6.45, 7) is 0.599. The van der Waals surface area contributed by atoms with Crippen molar-refractivity contribution in [1.29, 1.82) is 5.26 Å². The SMILES string of the molecule is N#CCCn1cc(/C=C/C(=O)NCC(=O)NC2CC2)c2ccccc21. The molecular weight excluding hydrogens is 316 g/mol. The van der Waals surface area contributed by atoms with Gasteiger partial charge in [-0.1, -0.05) is 18.2 Å². The van der Waals surface area contributed by atoms with Gasteiger partial charge in [0, 0.05) is 41.3 Å². The number of nitrogens with one attached hydrogen (secondary N) is 2. The molecule has 0 bridgehead atoms. The van der Waals surface area contributed by atoms with E-state index in [0.29, 0.717) is 19.0 Å². The van der Waals surface area contributed by atoms with Crippen molar-refractivity contribution in [2.75, 3.05) is 6.54 Å². The summed E-state index contributed by atoms with van der Waals surface area (Å²) in [6, 6.07) is 10.3. The van der Waals surface area contributed by atoms with Gasteiger partial charge in [0.1, 0.15) is 0 Å². The molecule has 2 amide bonds. The molecule has 0 atom stereocenters. The Hall–Kier alpha value is -3.07. The average molecular weight is 336 g/mol. The summed E-state index contributed by atoms with van der Waals surface area (Å²) in [4.78, 5) is 23.5. The van der Waals surface area contributed by atoms with E-state index < -0.39 is 0 Å². The Bertz CT molecular complexity index is 856. The number of nitriles is 1. The Morgan fingerprint density at radius 1 is 1.32 bits per heavy atom. The van der Waals surface area contributed by atoms with Crippen LogP contribution in [0.25, 0.3) is 17.0 Å². The molecule has 1 fully saturated rings. The van der Waals surface area contributed by atoms with Gasteiger partial charge in [0.15, 0.2) is 0 Å². The summed E-state index contributed by atoms with van der Waals surface area (Å²) in [6.07, 6.45) is 7.58. The number of aromatic nitrogens is 1. The van der Waals surface area contributed by atoms with Crippen molar-refractivity contribution in [3.05, 3.63) is 42.1 Å². The fraction of sp³-hybridized carbons (Fsp3) is 0.316. The summed E-state index contributed by atoms with van der Waals surface area (Å²) in [5.41, 5.74) is 1.94. The molecule has 0 saturated heterocycles. The number of amides is 2. The van der Waals surface area contributed by atoms with Crippen LogP contribution in [0.3, 0.4) is 0 Å². The van der Waals surface area contributed by atoms with Gasteiger partial charge in [0.25, 0.3) is 0 Å². The van der Waals surface area contributed by atoms with Crippen molar-refractivity contribution in [1.82, 2.24) is 15.2 Å². The first-order valence-electron chi connectivity index (χ1n) is 8.37. The number of rotatable bonds is 7. The number of nitrogens with zero attached hydrogens (tertiary/aromatic N) is 2. The Morgan fingerprint density at radius 2 is 2.12 bits per heavy atom. The largest absolute Gasteiger partial charge is 0.352 e. The predicted octanol–water partition coefficient (Wildman–Crippen LogP) is 1.96. The Balaban J connectivity index is 1.64. The fourth-order valence-electron chi connectivity index (χ4n) is 2.66. The molecule has 0 aliphatic heterocycles. The molecule has 1 aromatic carbocycles. The van der Waals surface area contributed by atoms with Crippen LogP contribution >= 0.6 is 0 Å². The second kappa shape index (κ2) is 7.67. The number of para-hydroxylation sites is 1. The lowest BCUT2D eigenvalue weighted by Crippen LogP contribution is -2.37. The Kier molecular flexibility index (Phi) is 5.14. The molecule has 128 valence electrons. The lowest BCUT2D eigenvalue weighted by Gasteiger charge is -2.03. The summed E-state index contributed by atoms with van der Waals surface area (Å²) < 4.78 is 2.01. The number of hydrogen-bond donors (Lipinski definition) is 2. The van der Waals surface area contributed by atoms with Crippen LogP contribution in [-0.2, 0) is 16.1 Å². The normalized spacial score (nSPS) is 13.7. The third-order valence-corrected chi connectivity index (χ3v) is 4.06. The topological polar surface area (TPSA) is 86.9 Å². The second-order valence-corrected chi connectivity index (χ2v) is 6.10. The Morgan fingerprint density at radius 3 is 2.88 bits per heavy atom. The van der Waals surface area contributed by atoms with Gasteiger partial charge >= 0.3 is 0 Å². The van der Waals surface area contributed by atoms with Crippen LogP contribution in [0.4, 0.5) is 0 Å². The van der Waals surface area contributed by atoms with E-state index in [4.69, 9.17) is 5.26 Å². The summed E-state index contributed by atoms with van der Waals surface area (Å²) in [5, 5.41) is 15.2. The van der Waals surface area contributed by atoms with Crippen molar-refractivity contribution >= 4 is 28.8 Å². The summed E-state index contributed by atoms with van der Waals surface area (Å²) in [5.74, 6) is -0.461. The van der Waals surface area contributed by atoms with Gasteiger partial charge in [-0.05, 0) is 25.0 Å². The molecule has 2 N–H and O–H groups in total. The van der Waals surface area contributed by atoms with Gasteiger partial charge in [0.2, 0.25) is 11.8 Å². The summed E-state index contributed by atoms with van der Waals surface area (Å²) in [7, 11) is 0. The maximum atomic E-state index is 11.9.